The van der Waals surface area contributed by atoms with Crippen LogP contribution in [0.2, 0.25) is 0 Å². The Hall–Kier alpha value is -4.69. The number of nitrogens with one attached hydrogen (secondary N) is 3. The van der Waals surface area contributed by atoms with Gasteiger partial charge >= 0.3 is 30.0 Å². The second kappa shape index (κ2) is 16.9. The van der Waals surface area contributed by atoms with Crippen molar-refractivity contribution in [2.24, 2.45) is 0 Å². The van der Waals surface area contributed by atoms with E-state index in [1.165, 1.54) is 0 Å². The molecule has 0 saturated heterocycles. The second-order valence-corrected chi connectivity index (χ2v) is 7.75. The molecular weight excluding hydrogens is 522 g/mol. The lowest BCUT2D eigenvalue weighted by molar-refractivity contribution is -0.151. The summed E-state index contributed by atoms with van der Waals surface area (Å²) in [4.78, 5) is 85.5. The van der Waals surface area contributed by atoms with E-state index in [1.54, 1.807) is 30.3 Å². The molecule has 3 atom stereocenters. The maximum absolute atomic E-state index is 13.0. The van der Waals surface area contributed by atoms with Crippen molar-refractivity contribution in [3.63, 3.8) is 0 Å². The number of hydrogen-bond acceptors (Lipinski definition) is 12. The van der Waals surface area contributed by atoms with Gasteiger partial charge in [0.25, 0.3) is 0 Å². The van der Waals surface area contributed by atoms with Crippen molar-refractivity contribution in [1.82, 2.24) is 16.0 Å². The molecule has 0 aromatic heterocycles. The van der Waals surface area contributed by atoms with Gasteiger partial charge < -0.3 is 39.6 Å². The summed E-state index contributed by atoms with van der Waals surface area (Å²) < 4.78 is 23.2. The van der Waals surface area contributed by atoms with Gasteiger partial charge in [-0.25, -0.2) is 14.4 Å². The van der Waals surface area contributed by atoms with Gasteiger partial charge in [-0.1, -0.05) is 30.3 Å². The number of benzene rings is 1. The van der Waals surface area contributed by atoms with Gasteiger partial charge in [-0.15, -0.1) is 0 Å². The van der Waals surface area contributed by atoms with Crippen LogP contribution in [0.4, 0.5) is 4.79 Å². The average Bonchev–Trinajstić information content (AvgIpc) is 2.94. The van der Waals surface area contributed by atoms with Crippen molar-refractivity contribution in [2.45, 2.75) is 44.0 Å². The fourth-order valence-corrected chi connectivity index (χ4v) is 3.00. The Balaban J connectivity index is 3.07. The lowest BCUT2D eigenvalue weighted by atomic mass is 10.1. The molecule has 1 rings (SSSR count). The Kier molecular flexibility index (Phi) is 14.0. The summed E-state index contributed by atoms with van der Waals surface area (Å²) in [6, 6.07) is 3.95. The number of ether oxygens (including phenoxy) is 5. The zero-order valence-corrected chi connectivity index (χ0v) is 21.8. The van der Waals surface area contributed by atoms with Crippen molar-refractivity contribution >= 4 is 41.8 Å². The fourth-order valence-electron chi connectivity index (χ4n) is 3.00. The Bertz CT molecular complexity index is 1030. The summed E-state index contributed by atoms with van der Waals surface area (Å²) in [6.45, 7) is -0.163. The number of amides is 3. The molecule has 0 bridgehead atoms. The van der Waals surface area contributed by atoms with Crippen molar-refractivity contribution in [1.29, 1.82) is 0 Å². The third kappa shape index (κ3) is 11.9. The number of hydrogen-bond donors (Lipinski definition) is 3. The van der Waals surface area contributed by atoms with Gasteiger partial charge in [0.05, 0.1) is 47.7 Å². The lowest BCUT2D eigenvalue weighted by Crippen LogP contribution is -2.54. The van der Waals surface area contributed by atoms with E-state index in [4.69, 9.17) is 4.74 Å². The first-order chi connectivity index (χ1) is 18.5. The Labute approximate surface area is 223 Å². The van der Waals surface area contributed by atoms with Crippen LogP contribution in [-0.4, -0.2) is 88.3 Å². The van der Waals surface area contributed by atoms with Crippen molar-refractivity contribution in [3.8, 4) is 0 Å². The Morgan fingerprint density at radius 2 is 1.15 bits per heavy atom. The molecule has 1 aromatic carbocycles. The van der Waals surface area contributed by atoms with E-state index in [2.05, 4.69) is 34.9 Å². The smallest absolute Gasteiger partial charge is 0.408 e. The first-order valence-electron chi connectivity index (χ1n) is 11.4. The van der Waals surface area contributed by atoms with Crippen LogP contribution in [0, 0.1) is 0 Å². The summed E-state index contributed by atoms with van der Waals surface area (Å²) in [6.07, 6.45) is -3.03. The van der Waals surface area contributed by atoms with Crippen LogP contribution in [0.15, 0.2) is 30.3 Å². The summed E-state index contributed by atoms with van der Waals surface area (Å²) >= 11 is 0. The molecule has 15 heteroatoms. The highest BCUT2D eigenvalue weighted by molar-refractivity contribution is 5.95. The van der Waals surface area contributed by atoms with Gasteiger partial charge in [0, 0.05) is 0 Å². The Morgan fingerprint density at radius 3 is 1.64 bits per heavy atom. The molecule has 0 saturated carbocycles. The molecule has 39 heavy (non-hydrogen) atoms. The molecule has 3 amide bonds. The number of carbonyl (C=O) groups excluding carboxylic acids is 7. The SMILES string of the molecule is COC(=O)C[C@H](NC(=O)C[C@H](NC(=O)OCc1ccccc1)C(=O)N[C@@H](CC(=O)OC)C(=O)OC)C(=O)OC. The summed E-state index contributed by atoms with van der Waals surface area (Å²) in [5.74, 6) is -5.66. The van der Waals surface area contributed by atoms with E-state index in [-0.39, 0.29) is 6.61 Å². The summed E-state index contributed by atoms with van der Waals surface area (Å²) in [5, 5.41) is 6.65. The summed E-state index contributed by atoms with van der Waals surface area (Å²) in [5.41, 5.74) is 0.638. The van der Waals surface area contributed by atoms with Gasteiger partial charge in [-0.3, -0.25) is 19.2 Å². The molecule has 0 aliphatic carbocycles. The minimum Gasteiger partial charge on any atom is -0.469 e. The molecule has 15 nitrogen and oxygen atoms in total. The minimum atomic E-state index is -1.66. The number of rotatable bonds is 14. The molecule has 0 fully saturated rings. The van der Waals surface area contributed by atoms with Crippen molar-refractivity contribution in [3.05, 3.63) is 35.9 Å². The number of alkyl carbamates (subject to hydrolysis) is 1. The maximum Gasteiger partial charge on any atom is 0.408 e. The van der Waals surface area contributed by atoms with Crippen LogP contribution in [-0.2, 0) is 59.1 Å². The highest BCUT2D eigenvalue weighted by Crippen LogP contribution is 2.05. The molecule has 0 aliphatic heterocycles. The molecule has 0 radical (unpaired) electrons. The van der Waals surface area contributed by atoms with E-state index < -0.39 is 79.2 Å². The van der Waals surface area contributed by atoms with Gasteiger partial charge in [-0.05, 0) is 5.56 Å². The molecule has 214 valence electrons. The standard InChI is InChI=1S/C24H31N3O12/c1-35-19(29)11-16(22(32)37-3)25-18(28)10-15(27-24(34)39-13-14-8-6-5-7-9-14)21(31)26-17(23(33)38-4)12-20(30)36-2/h5-9,15-17H,10-13H2,1-4H3,(H,25,28)(H,26,31)(H,27,34)/t15-,16-,17-/m0/s1. The van der Waals surface area contributed by atoms with Crippen LogP contribution in [0.5, 0.6) is 0 Å². The molecule has 0 heterocycles. The largest absolute Gasteiger partial charge is 0.469 e. The molecule has 3 N–H and O–H groups in total. The third-order valence-corrected chi connectivity index (χ3v) is 5.03. The molecule has 0 aliphatic rings. The van der Waals surface area contributed by atoms with Crippen LogP contribution >= 0.6 is 0 Å². The highest BCUT2D eigenvalue weighted by atomic mass is 16.6. The van der Waals surface area contributed by atoms with Crippen LogP contribution in [0.1, 0.15) is 24.8 Å². The molecule has 1 aromatic rings. The number of esters is 4. The quantitative estimate of drug-likeness (QED) is 0.190. The van der Waals surface area contributed by atoms with Gasteiger partial charge in [0.15, 0.2) is 0 Å². The lowest BCUT2D eigenvalue weighted by Gasteiger charge is -2.22. The summed E-state index contributed by atoms with van der Waals surface area (Å²) in [7, 11) is 4.21. The first kappa shape index (κ1) is 32.3. The van der Waals surface area contributed by atoms with E-state index in [0.717, 1.165) is 28.4 Å². The zero-order valence-electron chi connectivity index (χ0n) is 21.8. The van der Waals surface area contributed by atoms with Crippen molar-refractivity contribution in [2.75, 3.05) is 28.4 Å². The van der Waals surface area contributed by atoms with E-state index >= 15 is 0 Å². The number of methoxy groups -OCH3 is 4. The predicted molar refractivity (Wildman–Crippen MR) is 129 cm³/mol. The minimum absolute atomic E-state index is 0.163. The van der Waals surface area contributed by atoms with E-state index in [9.17, 15) is 33.6 Å². The molecular formula is C24H31N3O12. The Morgan fingerprint density at radius 1 is 0.641 bits per heavy atom. The van der Waals surface area contributed by atoms with E-state index in [1.807, 2.05) is 0 Å². The van der Waals surface area contributed by atoms with Gasteiger partial charge in [-0.2, -0.15) is 0 Å². The highest BCUT2D eigenvalue weighted by Gasteiger charge is 2.32. The third-order valence-electron chi connectivity index (χ3n) is 5.03. The van der Waals surface area contributed by atoms with Crippen LogP contribution in [0.3, 0.4) is 0 Å². The maximum atomic E-state index is 13.0. The zero-order chi connectivity index (χ0) is 29.4. The van der Waals surface area contributed by atoms with E-state index in [0.29, 0.717) is 5.56 Å². The molecule has 0 unspecified atom stereocenters. The topological polar surface area (TPSA) is 202 Å². The molecule has 0 spiro atoms. The predicted octanol–water partition coefficient (Wildman–Crippen LogP) is -0.887. The van der Waals surface area contributed by atoms with Crippen LogP contribution in [0.25, 0.3) is 0 Å². The van der Waals surface area contributed by atoms with Gasteiger partial charge in [0.1, 0.15) is 24.7 Å². The second-order valence-electron chi connectivity index (χ2n) is 7.75. The monoisotopic (exact) mass is 553 g/mol. The normalized spacial score (nSPS) is 12.4. The van der Waals surface area contributed by atoms with Crippen molar-refractivity contribution < 1.29 is 57.2 Å². The fraction of sp³-hybridized carbons (Fsp3) is 0.458. The van der Waals surface area contributed by atoms with Gasteiger partial charge in [0.2, 0.25) is 11.8 Å². The number of carbonyl (C=O) groups is 7. The first-order valence-corrected chi connectivity index (χ1v) is 11.4. The average molecular weight is 554 g/mol. The van der Waals surface area contributed by atoms with Crippen LogP contribution < -0.4 is 16.0 Å².